The van der Waals surface area contributed by atoms with E-state index in [1.807, 2.05) is 32.9 Å². The number of hydrogen-bond acceptors (Lipinski definition) is 8. The summed E-state index contributed by atoms with van der Waals surface area (Å²) in [4.78, 5) is 22.6. The van der Waals surface area contributed by atoms with E-state index in [0.717, 1.165) is 5.69 Å². The maximum Gasteiger partial charge on any atom is 0.323 e. The molecule has 0 saturated carbocycles. The van der Waals surface area contributed by atoms with Crippen LogP contribution < -0.4 is 10.6 Å². The van der Waals surface area contributed by atoms with Gasteiger partial charge >= 0.3 is 6.03 Å². The third-order valence-electron chi connectivity index (χ3n) is 4.87. The summed E-state index contributed by atoms with van der Waals surface area (Å²) >= 11 is 0. The normalized spacial score (nSPS) is 12.0. The van der Waals surface area contributed by atoms with Crippen LogP contribution in [0.2, 0.25) is 0 Å². The average molecular weight is 446 g/mol. The monoisotopic (exact) mass is 446 g/mol. The zero-order valence-electron chi connectivity index (χ0n) is 18.5. The van der Waals surface area contributed by atoms with Gasteiger partial charge < -0.3 is 15.4 Å². The molecule has 0 spiro atoms. The highest BCUT2D eigenvalue weighted by Gasteiger charge is 2.24. The fourth-order valence-electron chi connectivity index (χ4n) is 3.51. The minimum atomic E-state index is -0.532. The maximum absolute atomic E-state index is 12.8. The van der Waals surface area contributed by atoms with Gasteiger partial charge in [-0.3, -0.25) is 0 Å². The number of ether oxygens (including phenoxy) is 1. The zero-order valence-corrected chi connectivity index (χ0v) is 18.5. The number of fused-ring (bicyclic) bond motifs is 1. The van der Waals surface area contributed by atoms with Crippen molar-refractivity contribution in [3.63, 3.8) is 0 Å². The molecule has 4 aromatic rings. The van der Waals surface area contributed by atoms with Crippen LogP contribution in [0.3, 0.4) is 0 Å². The van der Waals surface area contributed by atoms with Gasteiger partial charge in [0.25, 0.3) is 0 Å². The second kappa shape index (κ2) is 9.01. The number of aromatic nitrogens is 7. The number of nitrogens with zero attached hydrogens (tertiary/aromatic N) is 8. The van der Waals surface area contributed by atoms with Gasteiger partial charge in [0.1, 0.15) is 17.7 Å². The van der Waals surface area contributed by atoms with E-state index in [1.54, 1.807) is 17.8 Å². The van der Waals surface area contributed by atoms with E-state index in [-0.39, 0.29) is 23.4 Å². The van der Waals surface area contributed by atoms with Gasteiger partial charge in [0, 0.05) is 13.2 Å². The molecule has 4 rings (SSSR count). The molecule has 0 aliphatic carbocycles. The molecule has 0 aliphatic heterocycles. The molecule has 12 heteroatoms. The Morgan fingerprint density at radius 2 is 1.91 bits per heavy atom. The van der Waals surface area contributed by atoms with Gasteiger partial charge in [-0.05, 0) is 18.9 Å². The Labute approximate surface area is 189 Å². The Bertz CT molecular complexity index is 1340. The number of nitrogens with one attached hydrogen (secondary N) is 2. The van der Waals surface area contributed by atoms with Crippen LogP contribution in [-0.2, 0) is 4.74 Å². The second-order valence-electron chi connectivity index (χ2n) is 7.62. The lowest BCUT2D eigenvalue weighted by atomic mass is 10.0. The molecular formula is C21H22N10O2. The molecule has 4 aromatic heterocycles. The third-order valence-corrected chi connectivity index (χ3v) is 4.87. The maximum atomic E-state index is 12.8. The van der Waals surface area contributed by atoms with E-state index in [2.05, 4.69) is 35.9 Å². The first kappa shape index (κ1) is 21.8. The second-order valence-corrected chi connectivity index (χ2v) is 7.62. The number of aryl methyl sites for hydroxylation is 1. The Kier molecular flexibility index (Phi) is 5.97. The number of pyridine rings is 1. The molecule has 4 heterocycles. The van der Waals surface area contributed by atoms with E-state index < -0.39 is 6.03 Å². The van der Waals surface area contributed by atoms with Gasteiger partial charge in [-0.25, -0.2) is 19.3 Å². The quantitative estimate of drug-likeness (QED) is 0.459. The zero-order chi connectivity index (χ0) is 23.5. The van der Waals surface area contributed by atoms with Gasteiger partial charge in [-0.1, -0.05) is 13.8 Å². The molecule has 0 radical (unpaired) electrons. The lowest BCUT2D eigenvalue weighted by Gasteiger charge is -2.23. The fourth-order valence-corrected chi connectivity index (χ4v) is 3.51. The Morgan fingerprint density at radius 1 is 1.15 bits per heavy atom. The topological polar surface area (TPSA) is 148 Å². The van der Waals surface area contributed by atoms with E-state index in [1.165, 1.54) is 29.5 Å². The first-order chi connectivity index (χ1) is 15.9. The highest BCUT2D eigenvalue weighted by Crippen LogP contribution is 2.31. The van der Waals surface area contributed by atoms with Crippen LogP contribution >= 0.6 is 0 Å². The van der Waals surface area contributed by atoms with Crippen LogP contribution in [-0.4, -0.2) is 47.7 Å². The molecule has 33 heavy (non-hydrogen) atoms. The van der Waals surface area contributed by atoms with Gasteiger partial charge in [0.2, 0.25) is 0 Å². The number of carbonyl (C=O) groups is 1. The standard InChI is InChI=1S/C21H22N10O2/c1-12(2)19(33-4)18-16(11-23-17-7-13(3)29-30(17)18)28-21(32)27-15-8-14(9-22)20(24-10-15)31-25-5-6-26-31/h5-8,10-12,19H,1-4H3,(H2,27,28,32)/t19-/m0/s1. The van der Waals surface area contributed by atoms with Crippen LogP contribution in [0.5, 0.6) is 0 Å². The number of amides is 2. The van der Waals surface area contributed by atoms with Crippen molar-refractivity contribution in [3.05, 3.63) is 53.9 Å². The van der Waals surface area contributed by atoms with E-state index >= 15 is 0 Å². The largest absolute Gasteiger partial charge is 0.375 e. The average Bonchev–Trinajstić information content (AvgIpc) is 3.44. The van der Waals surface area contributed by atoms with Crippen molar-refractivity contribution in [2.45, 2.75) is 26.9 Å². The fraction of sp³-hybridized carbons (Fsp3) is 0.286. The molecule has 2 amide bonds. The Morgan fingerprint density at radius 3 is 2.58 bits per heavy atom. The summed E-state index contributed by atoms with van der Waals surface area (Å²) in [6.45, 7) is 5.91. The molecule has 0 unspecified atom stereocenters. The van der Waals surface area contributed by atoms with Crippen LogP contribution in [0.15, 0.2) is 36.9 Å². The molecule has 12 nitrogen and oxygen atoms in total. The first-order valence-corrected chi connectivity index (χ1v) is 10.1. The number of carbonyl (C=O) groups excluding carboxylic acids is 1. The number of hydrogen-bond donors (Lipinski definition) is 2. The predicted octanol–water partition coefficient (Wildman–Crippen LogP) is 2.87. The van der Waals surface area contributed by atoms with Crippen molar-refractivity contribution in [1.29, 1.82) is 5.26 Å². The molecule has 168 valence electrons. The summed E-state index contributed by atoms with van der Waals surface area (Å²) in [6.07, 6.45) is 5.63. The van der Waals surface area contributed by atoms with Gasteiger partial charge in [0.15, 0.2) is 11.5 Å². The summed E-state index contributed by atoms with van der Waals surface area (Å²) in [7, 11) is 1.61. The highest BCUT2D eigenvalue weighted by molar-refractivity contribution is 6.00. The number of methoxy groups -OCH3 is 1. The van der Waals surface area contributed by atoms with Gasteiger partial charge in [0.05, 0.1) is 47.6 Å². The number of anilines is 2. The lowest BCUT2D eigenvalue weighted by Crippen LogP contribution is -2.24. The molecule has 0 fully saturated rings. The van der Waals surface area contributed by atoms with Crippen LogP contribution in [0.4, 0.5) is 16.2 Å². The van der Waals surface area contributed by atoms with Gasteiger partial charge in [-0.15, -0.1) is 4.80 Å². The summed E-state index contributed by atoms with van der Waals surface area (Å²) in [5.41, 5.74) is 3.12. The molecule has 2 N–H and O–H groups in total. The lowest BCUT2D eigenvalue weighted by molar-refractivity contribution is 0.0600. The molecule has 0 saturated heterocycles. The van der Waals surface area contributed by atoms with Crippen LogP contribution in [0, 0.1) is 24.2 Å². The molecule has 1 atom stereocenters. The molecule has 0 aliphatic rings. The number of urea groups is 1. The summed E-state index contributed by atoms with van der Waals surface area (Å²) < 4.78 is 7.39. The number of nitriles is 1. The number of rotatable bonds is 6. The van der Waals surface area contributed by atoms with Crippen molar-refractivity contribution in [1.82, 2.24) is 34.6 Å². The van der Waals surface area contributed by atoms with Gasteiger partial charge in [-0.2, -0.15) is 20.6 Å². The summed E-state index contributed by atoms with van der Waals surface area (Å²) in [5, 5.41) is 27.5. The van der Waals surface area contributed by atoms with Crippen LogP contribution in [0.1, 0.15) is 36.9 Å². The minimum absolute atomic E-state index is 0.111. The molecular weight excluding hydrogens is 424 g/mol. The van der Waals surface area contributed by atoms with Crippen molar-refractivity contribution < 1.29 is 9.53 Å². The van der Waals surface area contributed by atoms with E-state index in [0.29, 0.717) is 22.7 Å². The van der Waals surface area contributed by atoms with Crippen LogP contribution in [0.25, 0.3) is 11.5 Å². The SMILES string of the molecule is CO[C@H](c1c(NC(=O)Nc2cnc(-n3nccn3)c(C#N)c2)cnc2cc(C)nn12)C(C)C. The summed E-state index contributed by atoms with van der Waals surface area (Å²) in [6, 6.07) is 4.86. The molecule has 0 aromatic carbocycles. The predicted molar refractivity (Wildman–Crippen MR) is 119 cm³/mol. The first-order valence-electron chi connectivity index (χ1n) is 10.1. The van der Waals surface area contributed by atoms with Crippen molar-refractivity contribution in [2.75, 3.05) is 17.7 Å². The Balaban J connectivity index is 1.63. The highest BCUT2D eigenvalue weighted by atomic mass is 16.5. The van der Waals surface area contributed by atoms with Crippen molar-refractivity contribution in [3.8, 4) is 11.9 Å². The van der Waals surface area contributed by atoms with Crippen molar-refractivity contribution >= 4 is 23.1 Å². The Hall–Kier alpha value is -4.37. The van der Waals surface area contributed by atoms with E-state index in [9.17, 15) is 10.1 Å². The summed E-state index contributed by atoms with van der Waals surface area (Å²) in [5.74, 6) is 0.374. The third kappa shape index (κ3) is 4.35. The smallest absolute Gasteiger partial charge is 0.323 e. The minimum Gasteiger partial charge on any atom is -0.375 e. The van der Waals surface area contributed by atoms with E-state index in [4.69, 9.17) is 4.74 Å². The molecule has 0 bridgehead atoms. The van der Waals surface area contributed by atoms with Crippen molar-refractivity contribution in [2.24, 2.45) is 5.92 Å².